The first kappa shape index (κ1) is 28.5. The Hall–Kier alpha value is -3.03. The summed E-state index contributed by atoms with van der Waals surface area (Å²) in [6.07, 6.45) is 1.89. The number of halogens is 4. The van der Waals surface area contributed by atoms with Gasteiger partial charge in [-0.25, -0.2) is 0 Å². The van der Waals surface area contributed by atoms with Crippen molar-refractivity contribution in [1.29, 1.82) is 0 Å². The normalized spacial score (nSPS) is 19.7. The fourth-order valence-electron chi connectivity index (χ4n) is 3.72. The Kier molecular flexibility index (Phi) is 10.4. The third-order valence-corrected chi connectivity index (χ3v) is 5.62. The summed E-state index contributed by atoms with van der Waals surface area (Å²) in [4.78, 5) is 14.7. The number of rotatable bonds is 13. The summed E-state index contributed by atoms with van der Waals surface area (Å²) >= 11 is 6.03. The Morgan fingerprint density at radius 1 is 1.32 bits per heavy atom. The van der Waals surface area contributed by atoms with Gasteiger partial charge in [-0.2, -0.15) is 0 Å². The van der Waals surface area contributed by atoms with Crippen LogP contribution in [-0.2, 0) is 19.0 Å². The number of amides is 1. The molecule has 0 spiro atoms. The second-order valence-corrected chi connectivity index (χ2v) is 8.60. The number of aliphatic hydroxyl groups is 1. The lowest BCUT2D eigenvalue weighted by Gasteiger charge is -2.30. The van der Waals surface area contributed by atoms with E-state index in [2.05, 4.69) is 26.0 Å². The Labute approximate surface area is 217 Å². The number of nitrogens with zero attached hydrogens (tertiary/aromatic N) is 1. The summed E-state index contributed by atoms with van der Waals surface area (Å²) in [6, 6.07) is 0. The zero-order chi connectivity index (χ0) is 26.8. The van der Waals surface area contributed by atoms with Crippen LogP contribution in [0.4, 0.5) is 13.2 Å². The fourth-order valence-corrected chi connectivity index (χ4v) is 3.85. The van der Waals surface area contributed by atoms with E-state index in [1.165, 1.54) is 6.08 Å². The summed E-state index contributed by atoms with van der Waals surface area (Å²) in [7, 11) is 1.66. The lowest BCUT2D eigenvalue weighted by atomic mass is 10.1. The average Bonchev–Trinajstić information content (AvgIpc) is 3.19. The van der Waals surface area contributed by atoms with Gasteiger partial charge in [0.15, 0.2) is 0 Å². The van der Waals surface area contributed by atoms with Crippen molar-refractivity contribution in [2.45, 2.75) is 32.0 Å². The molecule has 1 atom stereocenters. The maximum atomic E-state index is 13.0. The lowest BCUT2D eigenvalue weighted by Crippen LogP contribution is -2.45. The van der Waals surface area contributed by atoms with Crippen LogP contribution in [0.15, 0.2) is 58.1 Å². The summed E-state index contributed by atoms with van der Waals surface area (Å²) in [6.45, 7) is 1.12. The first-order valence-corrected chi connectivity index (χ1v) is 12.1. The molecule has 3 rings (SSSR count). The highest BCUT2D eigenvalue weighted by atomic mass is 35.5. The molecule has 0 aromatic heterocycles. The Morgan fingerprint density at radius 3 is 2.81 bits per heavy atom. The minimum atomic E-state index is -4.75. The van der Waals surface area contributed by atoms with Crippen molar-refractivity contribution in [2.75, 3.05) is 46.5 Å². The van der Waals surface area contributed by atoms with Gasteiger partial charge in [-0.1, -0.05) is 11.6 Å². The van der Waals surface area contributed by atoms with Crippen molar-refractivity contribution in [3.8, 4) is 0 Å². The van der Waals surface area contributed by atoms with E-state index in [9.17, 15) is 18.0 Å². The smallest absolute Gasteiger partial charge is 0.491 e. The highest BCUT2D eigenvalue weighted by molar-refractivity contribution is 6.30. The minimum absolute atomic E-state index is 0.0503. The van der Waals surface area contributed by atoms with E-state index in [1.807, 2.05) is 6.08 Å². The van der Waals surface area contributed by atoms with Gasteiger partial charge in [-0.05, 0) is 31.1 Å². The summed E-state index contributed by atoms with van der Waals surface area (Å²) in [5.41, 5.74) is 1.13. The van der Waals surface area contributed by atoms with Crippen LogP contribution in [-0.4, -0.2) is 75.1 Å². The highest BCUT2D eigenvalue weighted by Crippen LogP contribution is 2.27. The maximum Gasteiger partial charge on any atom is 0.572 e. The molecule has 0 fully saturated rings. The minimum Gasteiger partial charge on any atom is -0.491 e. The van der Waals surface area contributed by atoms with Crippen LogP contribution in [0.2, 0.25) is 0 Å². The van der Waals surface area contributed by atoms with Gasteiger partial charge in [0.1, 0.15) is 29.6 Å². The largest absolute Gasteiger partial charge is 0.572 e. The molecule has 3 aliphatic rings. The molecule has 0 radical (unpaired) electrons. The predicted molar refractivity (Wildman–Crippen MR) is 129 cm³/mol. The van der Waals surface area contributed by atoms with E-state index >= 15 is 0 Å². The average molecular weight is 550 g/mol. The second-order valence-electron chi connectivity index (χ2n) is 8.11. The molecule has 1 unspecified atom stereocenters. The number of hydrogen-bond acceptors (Lipinski definition) is 9. The summed E-state index contributed by atoms with van der Waals surface area (Å²) in [5.74, 6) is 0.150. The van der Waals surface area contributed by atoms with Crippen LogP contribution in [0, 0.1) is 0 Å². The predicted octanol–water partition coefficient (Wildman–Crippen LogP) is 1.80. The van der Waals surface area contributed by atoms with Gasteiger partial charge in [0, 0.05) is 43.4 Å². The molecule has 2 heterocycles. The molecular formula is C23H31ClF3N5O5. The number of carbonyl (C=O) groups excluding carboxylic acids is 1. The molecule has 0 saturated carbocycles. The summed E-state index contributed by atoms with van der Waals surface area (Å²) < 4.78 is 53.0. The number of allylic oxidation sites excluding steroid dienone is 5. The van der Waals surface area contributed by atoms with Crippen LogP contribution < -0.4 is 21.3 Å². The quantitative estimate of drug-likeness (QED) is 0.219. The Bertz CT molecular complexity index is 980. The van der Waals surface area contributed by atoms with E-state index in [-0.39, 0.29) is 43.7 Å². The van der Waals surface area contributed by atoms with Gasteiger partial charge in [0.2, 0.25) is 6.35 Å². The molecule has 37 heavy (non-hydrogen) atoms. The van der Waals surface area contributed by atoms with E-state index < -0.39 is 12.7 Å². The zero-order valence-electron chi connectivity index (χ0n) is 20.3. The first-order valence-electron chi connectivity index (χ1n) is 11.7. The number of ether oxygens (including phenoxy) is 3. The van der Waals surface area contributed by atoms with Crippen LogP contribution >= 0.6 is 11.6 Å². The SMILES string of the molecule is CNC1=C(C(=O)NCCCO)N(CC2=CC=C(Cl)CN2)C(OCCOC2=CCCC(OC(F)(F)F)=C2)N1. The third kappa shape index (κ3) is 8.79. The molecule has 14 heteroatoms. The van der Waals surface area contributed by atoms with Gasteiger partial charge >= 0.3 is 6.36 Å². The highest BCUT2D eigenvalue weighted by Gasteiger charge is 2.36. The van der Waals surface area contributed by atoms with Crippen molar-refractivity contribution >= 4 is 17.5 Å². The van der Waals surface area contributed by atoms with Crippen molar-refractivity contribution < 1.29 is 37.3 Å². The van der Waals surface area contributed by atoms with E-state index in [4.69, 9.17) is 26.2 Å². The Balaban J connectivity index is 1.63. The van der Waals surface area contributed by atoms with E-state index in [0.717, 1.165) is 5.70 Å². The Morgan fingerprint density at radius 2 is 2.14 bits per heavy atom. The number of nitrogens with one attached hydrogen (secondary N) is 4. The van der Waals surface area contributed by atoms with Crippen molar-refractivity contribution in [2.24, 2.45) is 0 Å². The number of dihydropyridines is 1. The fraction of sp³-hybridized carbons (Fsp3) is 0.522. The van der Waals surface area contributed by atoms with Crippen molar-refractivity contribution in [3.63, 3.8) is 0 Å². The van der Waals surface area contributed by atoms with Crippen LogP contribution in [0.3, 0.4) is 0 Å². The van der Waals surface area contributed by atoms with Gasteiger partial charge in [0.25, 0.3) is 5.91 Å². The zero-order valence-corrected chi connectivity index (χ0v) is 21.0. The summed E-state index contributed by atoms with van der Waals surface area (Å²) in [5, 5.41) is 21.7. The monoisotopic (exact) mass is 549 g/mol. The second kappa shape index (κ2) is 13.5. The molecule has 5 N–H and O–H groups in total. The van der Waals surface area contributed by atoms with Crippen LogP contribution in [0.5, 0.6) is 0 Å². The van der Waals surface area contributed by atoms with Crippen LogP contribution in [0.25, 0.3) is 0 Å². The van der Waals surface area contributed by atoms with Gasteiger partial charge < -0.3 is 45.5 Å². The van der Waals surface area contributed by atoms with Gasteiger partial charge in [-0.15, -0.1) is 13.2 Å². The topological polar surface area (TPSA) is 116 Å². The van der Waals surface area contributed by atoms with Crippen molar-refractivity contribution in [3.05, 3.63) is 58.1 Å². The first-order chi connectivity index (χ1) is 17.7. The molecular weight excluding hydrogens is 519 g/mol. The number of hydrogen-bond donors (Lipinski definition) is 5. The molecule has 0 bridgehead atoms. The maximum absolute atomic E-state index is 13.0. The van der Waals surface area contributed by atoms with Crippen molar-refractivity contribution in [1.82, 2.24) is 26.2 Å². The van der Waals surface area contributed by atoms with Gasteiger partial charge in [0.05, 0.1) is 19.7 Å². The molecule has 0 aromatic rings. The van der Waals surface area contributed by atoms with E-state index in [0.29, 0.717) is 49.0 Å². The molecule has 1 amide bonds. The standard InChI is InChI=1S/C23H31ClF3N5O5/c1-28-20-19(21(34)29-8-3-9-33)32(14-16-7-6-15(24)13-30-16)22(31-20)36-11-10-35-17-4-2-5-18(12-17)37-23(25,26)27/h4,6-7,12,22,28,30-31,33H,2-3,5,8-11,13-14H2,1H3,(H,29,34). The number of aliphatic hydroxyl groups excluding tert-OH is 1. The molecule has 206 valence electrons. The third-order valence-electron chi connectivity index (χ3n) is 5.36. The van der Waals surface area contributed by atoms with Crippen LogP contribution in [0.1, 0.15) is 19.3 Å². The van der Waals surface area contributed by atoms with E-state index in [1.54, 1.807) is 24.1 Å². The molecule has 0 aromatic carbocycles. The number of alkyl halides is 3. The molecule has 1 aliphatic carbocycles. The number of carbonyl (C=O) groups is 1. The lowest BCUT2D eigenvalue weighted by molar-refractivity contribution is -0.306. The molecule has 0 saturated heterocycles. The molecule has 2 aliphatic heterocycles. The molecule has 10 nitrogen and oxygen atoms in total. The van der Waals surface area contributed by atoms with Gasteiger partial charge in [-0.3, -0.25) is 4.79 Å².